The first-order valence-corrected chi connectivity index (χ1v) is 7.09. The molecule has 0 bridgehead atoms. The lowest BCUT2D eigenvalue weighted by molar-refractivity contribution is -0.193. The Morgan fingerprint density at radius 2 is 2.00 bits per heavy atom. The van der Waals surface area contributed by atoms with Crippen LogP contribution in [0.15, 0.2) is 30.3 Å². The quantitative estimate of drug-likeness (QED) is 0.896. The number of likely N-dealkylation sites (tertiary alicyclic amines) is 1. The summed E-state index contributed by atoms with van der Waals surface area (Å²) in [6, 6.07) is 9.72. The van der Waals surface area contributed by atoms with E-state index in [9.17, 15) is 5.11 Å². The highest BCUT2D eigenvalue weighted by molar-refractivity contribution is 5.21. The molecule has 1 N–H and O–H groups in total. The van der Waals surface area contributed by atoms with Crippen molar-refractivity contribution in [2.45, 2.75) is 37.8 Å². The third-order valence-corrected chi connectivity index (χ3v) is 3.85. The summed E-state index contributed by atoms with van der Waals surface area (Å²) in [5.41, 5.74) is 0. The standard InChI is InChI=1S/C15H21NO3/c17-13-7-8-15(18-12-5-2-1-3-6-12)19-14(13)11-16-9-4-10-16/h1-3,5-6,13-15,17H,4,7-11H2/t13-,14+,15-/m0/s1. The lowest BCUT2D eigenvalue weighted by Gasteiger charge is -2.39. The molecule has 3 atom stereocenters. The largest absolute Gasteiger partial charge is 0.465 e. The van der Waals surface area contributed by atoms with Crippen molar-refractivity contribution in [2.24, 2.45) is 0 Å². The third-order valence-electron chi connectivity index (χ3n) is 3.85. The molecule has 0 unspecified atom stereocenters. The van der Waals surface area contributed by atoms with Gasteiger partial charge in [-0.15, -0.1) is 0 Å². The molecule has 1 aromatic rings. The van der Waals surface area contributed by atoms with Gasteiger partial charge in [0.25, 0.3) is 0 Å². The van der Waals surface area contributed by atoms with E-state index >= 15 is 0 Å². The van der Waals surface area contributed by atoms with Crippen molar-refractivity contribution in [2.75, 3.05) is 19.6 Å². The van der Waals surface area contributed by atoms with Crippen molar-refractivity contribution in [3.8, 4) is 5.75 Å². The van der Waals surface area contributed by atoms with Gasteiger partial charge in [-0.3, -0.25) is 0 Å². The monoisotopic (exact) mass is 263 g/mol. The van der Waals surface area contributed by atoms with Gasteiger partial charge in [0, 0.05) is 13.0 Å². The summed E-state index contributed by atoms with van der Waals surface area (Å²) in [6.45, 7) is 3.06. The normalized spacial score (nSPS) is 31.7. The van der Waals surface area contributed by atoms with Crippen LogP contribution in [0.3, 0.4) is 0 Å². The topological polar surface area (TPSA) is 41.9 Å². The molecule has 0 saturated carbocycles. The van der Waals surface area contributed by atoms with Gasteiger partial charge in [-0.05, 0) is 38.1 Å². The van der Waals surface area contributed by atoms with E-state index in [-0.39, 0.29) is 18.5 Å². The van der Waals surface area contributed by atoms with Crippen LogP contribution in [0.5, 0.6) is 5.75 Å². The predicted octanol–water partition coefficient (Wildman–Crippen LogP) is 1.64. The number of hydrogen-bond donors (Lipinski definition) is 1. The Bertz CT molecular complexity index is 394. The van der Waals surface area contributed by atoms with Gasteiger partial charge in [-0.2, -0.15) is 0 Å². The average molecular weight is 263 g/mol. The van der Waals surface area contributed by atoms with Crippen LogP contribution in [0.1, 0.15) is 19.3 Å². The summed E-state index contributed by atoms with van der Waals surface area (Å²) in [7, 11) is 0. The van der Waals surface area contributed by atoms with Crippen molar-refractivity contribution in [3.63, 3.8) is 0 Å². The van der Waals surface area contributed by atoms with E-state index in [2.05, 4.69) is 4.90 Å². The van der Waals surface area contributed by atoms with Gasteiger partial charge in [0.15, 0.2) is 6.29 Å². The average Bonchev–Trinajstić information content (AvgIpc) is 2.38. The van der Waals surface area contributed by atoms with Gasteiger partial charge in [-0.1, -0.05) is 18.2 Å². The Kier molecular flexibility index (Phi) is 4.01. The summed E-state index contributed by atoms with van der Waals surface area (Å²) < 4.78 is 11.7. The molecule has 4 nitrogen and oxygen atoms in total. The van der Waals surface area contributed by atoms with Crippen molar-refractivity contribution >= 4 is 0 Å². The second kappa shape index (κ2) is 5.90. The van der Waals surface area contributed by atoms with Crippen molar-refractivity contribution in [1.29, 1.82) is 0 Å². The SMILES string of the molecule is O[C@H]1CC[C@@H](Oc2ccccc2)O[C@@H]1CN1CCC1. The van der Waals surface area contributed by atoms with Crippen LogP contribution in [-0.2, 0) is 4.74 Å². The maximum absolute atomic E-state index is 10.0. The number of nitrogens with zero attached hydrogens (tertiary/aromatic N) is 1. The molecule has 2 heterocycles. The fourth-order valence-corrected chi connectivity index (χ4v) is 2.57. The van der Waals surface area contributed by atoms with Crippen LogP contribution >= 0.6 is 0 Å². The molecule has 0 amide bonds. The number of ether oxygens (including phenoxy) is 2. The first-order chi connectivity index (χ1) is 9.31. The zero-order chi connectivity index (χ0) is 13.1. The first kappa shape index (κ1) is 12.9. The summed E-state index contributed by atoms with van der Waals surface area (Å²) >= 11 is 0. The lowest BCUT2D eigenvalue weighted by atomic mass is 10.0. The highest BCUT2D eigenvalue weighted by Crippen LogP contribution is 2.24. The minimum Gasteiger partial charge on any atom is -0.465 e. The number of para-hydroxylation sites is 1. The molecular weight excluding hydrogens is 242 g/mol. The summed E-state index contributed by atoms with van der Waals surface area (Å²) in [4.78, 5) is 2.32. The van der Waals surface area contributed by atoms with Crippen LogP contribution in [0.2, 0.25) is 0 Å². The van der Waals surface area contributed by atoms with E-state index in [1.807, 2.05) is 30.3 Å². The molecule has 3 rings (SSSR count). The van der Waals surface area contributed by atoms with E-state index < -0.39 is 0 Å². The van der Waals surface area contributed by atoms with Crippen LogP contribution in [0, 0.1) is 0 Å². The van der Waals surface area contributed by atoms with Crippen LogP contribution in [-0.4, -0.2) is 48.1 Å². The van der Waals surface area contributed by atoms with Crippen LogP contribution in [0.25, 0.3) is 0 Å². The van der Waals surface area contributed by atoms with E-state index in [4.69, 9.17) is 9.47 Å². The Labute approximate surface area is 113 Å². The van der Waals surface area contributed by atoms with Crippen LogP contribution < -0.4 is 4.74 Å². The predicted molar refractivity (Wildman–Crippen MR) is 72.0 cm³/mol. The third kappa shape index (κ3) is 3.26. The minimum absolute atomic E-state index is 0.122. The van der Waals surface area contributed by atoms with Crippen molar-refractivity contribution < 1.29 is 14.6 Å². The van der Waals surface area contributed by atoms with Crippen molar-refractivity contribution in [1.82, 2.24) is 4.90 Å². The number of aliphatic hydroxyl groups is 1. The molecule has 2 aliphatic rings. The van der Waals surface area contributed by atoms with Gasteiger partial charge in [0.1, 0.15) is 11.9 Å². The molecule has 0 radical (unpaired) electrons. The summed E-state index contributed by atoms with van der Waals surface area (Å²) in [6.07, 6.45) is 2.02. The Morgan fingerprint density at radius 3 is 2.68 bits per heavy atom. The summed E-state index contributed by atoms with van der Waals surface area (Å²) in [5.74, 6) is 0.826. The molecule has 104 valence electrons. The van der Waals surface area contributed by atoms with Gasteiger partial charge < -0.3 is 19.5 Å². The second-order valence-corrected chi connectivity index (χ2v) is 5.33. The maximum Gasteiger partial charge on any atom is 0.200 e. The molecule has 0 spiro atoms. The van der Waals surface area contributed by atoms with Gasteiger partial charge in [0.2, 0.25) is 0 Å². The van der Waals surface area contributed by atoms with E-state index in [0.717, 1.165) is 38.2 Å². The van der Waals surface area contributed by atoms with Crippen LogP contribution in [0.4, 0.5) is 0 Å². The highest BCUT2D eigenvalue weighted by atomic mass is 16.7. The number of hydrogen-bond acceptors (Lipinski definition) is 4. The molecule has 2 saturated heterocycles. The minimum atomic E-state index is -0.365. The van der Waals surface area contributed by atoms with Crippen molar-refractivity contribution in [3.05, 3.63) is 30.3 Å². The molecular formula is C15H21NO3. The zero-order valence-corrected chi connectivity index (χ0v) is 11.1. The highest BCUT2D eigenvalue weighted by Gasteiger charge is 2.33. The summed E-state index contributed by atoms with van der Waals surface area (Å²) in [5, 5.41) is 10.0. The molecule has 0 aliphatic carbocycles. The lowest BCUT2D eigenvalue weighted by Crippen LogP contribution is -2.50. The zero-order valence-electron chi connectivity index (χ0n) is 11.1. The smallest absolute Gasteiger partial charge is 0.200 e. The van der Waals surface area contributed by atoms with E-state index in [1.165, 1.54) is 6.42 Å². The second-order valence-electron chi connectivity index (χ2n) is 5.33. The first-order valence-electron chi connectivity index (χ1n) is 7.09. The molecule has 1 aromatic carbocycles. The Morgan fingerprint density at radius 1 is 1.21 bits per heavy atom. The van der Waals surface area contributed by atoms with E-state index in [0.29, 0.717) is 0 Å². The van der Waals surface area contributed by atoms with Gasteiger partial charge >= 0.3 is 0 Å². The van der Waals surface area contributed by atoms with E-state index in [1.54, 1.807) is 0 Å². The Hall–Kier alpha value is -1.10. The maximum atomic E-state index is 10.0. The molecule has 0 aromatic heterocycles. The number of rotatable bonds is 4. The Balaban J connectivity index is 1.55. The fraction of sp³-hybridized carbons (Fsp3) is 0.600. The van der Waals surface area contributed by atoms with Gasteiger partial charge in [-0.25, -0.2) is 0 Å². The molecule has 4 heteroatoms. The number of benzene rings is 1. The molecule has 19 heavy (non-hydrogen) atoms. The fourth-order valence-electron chi connectivity index (χ4n) is 2.57. The molecule has 2 aliphatic heterocycles. The van der Waals surface area contributed by atoms with Gasteiger partial charge in [0.05, 0.1) is 6.10 Å². The number of aliphatic hydroxyl groups excluding tert-OH is 1. The molecule has 2 fully saturated rings.